The second-order valence-electron chi connectivity index (χ2n) is 4.24. The molecule has 4 nitrogen and oxygen atoms in total. The van der Waals surface area contributed by atoms with Gasteiger partial charge in [0, 0.05) is 0 Å². The molecule has 0 unspecified atom stereocenters. The Morgan fingerprint density at radius 3 is 1.76 bits per heavy atom. The smallest absolute Gasteiger partial charge is 1.00 e. The van der Waals surface area contributed by atoms with Crippen LogP contribution in [0, 0.1) is 10.1 Å². The molecule has 0 saturated carbocycles. The van der Waals surface area contributed by atoms with Crippen molar-refractivity contribution in [2.45, 2.75) is 71.1 Å². The van der Waals surface area contributed by atoms with Crippen LogP contribution in [-0.4, -0.2) is 11.7 Å². The van der Waals surface area contributed by atoms with Gasteiger partial charge >= 0.3 is 29.6 Å². The molecule has 0 spiro atoms. The molecule has 0 amide bonds. The number of unbranched alkanes of at least 4 members (excludes halogenated alkanes) is 9. The zero-order valence-electron chi connectivity index (χ0n) is 12.5. The Kier molecular flexibility index (Phi) is 18.6. The minimum absolute atomic E-state index is 0. The Morgan fingerprint density at radius 1 is 0.941 bits per heavy atom. The predicted molar refractivity (Wildman–Crippen MR) is 65.9 cm³/mol. The van der Waals surface area contributed by atoms with Crippen molar-refractivity contribution in [2.75, 3.05) is 6.61 Å². The fraction of sp³-hybridized carbons (Fsp3) is 1.00. The molecule has 0 aromatic rings. The molecular formula is C12H26NNaO3. The molecule has 0 aromatic heterocycles. The van der Waals surface area contributed by atoms with Crippen LogP contribution in [0.15, 0.2) is 0 Å². The van der Waals surface area contributed by atoms with Crippen molar-refractivity contribution >= 4 is 0 Å². The van der Waals surface area contributed by atoms with Gasteiger partial charge in [-0.1, -0.05) is 64.7 Å². The normalized spacial score (nSPS) is 9.71. The third-order valence-corrected chi connectivity index (χ3v) is 2.69. The summed E-state index contributed by atoms with van der Waals surface area (Å²) >= 11 is 0. The Labute approximate surface area is 128 Å². The first-order valence-corrected chi connectivity index (χ1v) is 6.54. The van der Waals surface area contributed by atoms with Gasteiger partial charge in [-0.2, -0.15) is 0 Å². The van der Waals surface area contributed by atoms with Crippen LogP contribution in [0.3, 0.4) is 0 Å². The van der Waals surface area contributed by atoms with Gasteiger partial charge in [0.1, 0.15) is 0 Å². The minimum atomic E-state index is -0.715. The molecule has 0 aliphatic heterocycles. The Balaban J connectivity index is -0.00000112. The average Bonchev–Trinajstić information content (AvgIpc) is 2.25. The molecule has 0 fully saturated rings. The van der Waals surface area contributed by atoms with Crippen LogP contribution >= 0.6 is 0 Å². The van der Waals surface area contributed by atoms with Crippen LogP contribution in [0.4, 0.5) is 0 Å². The van der Waals surface area contributed by atoms with Gasteiger partial charge in [-0.25, -0.2) is 0 Å². The third kappa shape index (κ3) is 18.7. The summed E-state index contributed by atoms with van der Waals surface area (Å²) in [6.07, 6.45) is 12.3. The van der Waals surface area contributed by atoms with Crippen LogP contribution in [0.1, 0.15) is 72.6 Å². The summed E-state index contributed by atoms with van der Waals surface area (Å²) in [6, 6.07) is 0. The minimum Gasteiger partial charge on any atom is -1.00 e. The monoisotopic (exact) mass is 255 g/mol. The van der Waals surface area contributed by atoms with E-state index in [1.54, 1.807) is 0 Å². The average molecular weight is 255 g/mol. The van der Waals surface area contributed by atoms with E-state index in [1.165, 1.54) is 51.4 Å². The summed E-state index contributed by atoms with van der Waals surface area (Å²) < 4.78 is 0. The number of nitrogens with zero attached hydrogens (tertiary/aromatic N) is 1. The van der Waals surface area contributed by atoms with Gasteiger partial charge in [0.25, 0.3) is 5.09 Å². The van der Waals surface area contributed by atoms with E-state index in [-0.39, 0.29) is 37.6 Å². The van der Waals surface area contributed by atoms with Gasteiger partial charge in [-0.05, 0) is 6.42 Å². The van der Waals surface area contributed by atoms with Gasteiger partial charge in [0.15, 0.2) is 0 Å². The van der Waals surface area contributed by atoms with Gasteiger partial charge in [-0.15, -0.1) is 10.1 Å². The van der Waals surface area contributed by atoms with Crippen LogP contribution in [0.5, 0.6) is 0 Å². The predicted octanol–water partition coefficient (Wildman–Crippen LogP) is 1.23. The summed E-state index contributed by atoms with van der Waals surface area (Å²) in [4.78, 5) is 14.1. The molecule has 0 bridgehead atoms. The summed E-state index contributed by atoms with van der Waals surface area (Å²) in [5.41, 5.74) is 0. The number of rotatable bonds is 12. The molecule has 0 aromatic carbocycles. The van der Waals surface area contributed by atoms with Gasteiger partial charge < -0.3 is 6.26 Å². The van der Waals surface area contributed by atoms with Crippen molar-refractivity contribution in [3.63, 3.8) is 0 Å². The zero-order valence-corrected chi connectivity index (χ0v) is 13.5. The maximum atomic E-state index is 9.84. The molecule has 0 aliphatic rings. The quantitative estimate of drug-likeness (QED) is 0.228. The molecule has 0 aliphatic carbocycles. The standard InChI is InChI=1S/C12H25NO3.Na.H/c1-2-3-4-5-6-7-8-9-10-11-12-16-13(14)15;;/h2-12H2,1H3;;/q;+1;-1. The first-order chi connectivity index (χ1) is 7.77. The maximum Gasteiger partial charge on any atom is 1.00 e. The molecule has 0 atom stereocenters. The van der Waals surface area contributed by atoms with E-state index < -0.39 is 5.09 Å². The molecule has 0 heterocycles. The van der Waals surface area contributed by atoms with E-state index >= 15 is 0 Å². The molecule has 0 radical (unpaired) electrons. The second kappa shape index (κ2) is 16.2. The van der Waals surface area contributed by atoms with E-state index in [0.717, 1.165) is 12.8 Å². The van der Waals surface area contributed by atoms with Crippen molar-refractivity contribution in [2.24, 2.45) is 0 Å². The fourth-order valence-corrected chi connectivity index (χ4v) is 1.73. The summed E-state index contributed by atoms with van der Waals surface area (Å²) in [6.45, 7) is 2.48. The second-order valence-corrected chi connectivity index (χ2v) is 4.24. The SMILES string of the molecule is CCCCCCCCCCCCO[N+](=O)[O-].[H-].[Na+]. The summed E-state index contributed by atoms with van der Waals surface area (Å²) in [5.74, 6) is 0. The van der Waals surface area contributed by atoms with Crippen LogP contribution < -0.4 is 29.6 Å². The van der Waals surface area contributed by atoms with Crippen molar-refractivity contribution in [3.8, 4) is 0 Å². The molecular weight excluding hydrogens is 229 g/mol. The van der Waals surface area contributed by atoms with Crippen molar-refractivity contribution in [3.05, 3.63) is 10.1 Å². The van der Waals surface area contributed by atoms with E-state index in [4.69, 9.17) is 0 Å². The first kappa shape index (κ1) is 19.5. The number of hydrogen-bond donors (Lipinski definition) is 0. The number of hydrogen-bond acceptors (Lipinski definition) is 3. The maximum absolute atomic E-state index is 9.84. The van der Waals surface area contributed by atoms with Gasteiger partial charge in [0.05, 0.1) is 6.61 Å². The summed E-state index contributed by atoms with van der Waals surface area (Å²) in [7, 11) is 0. The molecule has 0 rings (SSSR count). The zero-order chi connectivity index (χ0) is 12.1. The van der Waals surface area contributed by atoms with Crippen LogP contribution in [-0.2, 0) is 4.84 Å². The molecule has 98 valence electrons. The van der Waals surface area contributed by atoms with E-state index in [2.05, 4.69) is 11.8 Å². The van der Waals surface area contributed by atoms with Crippen LogP contribution in [0.2, 0.25) is 0 Å². The van der Waals surface area contributed by atoms with Crippen molar-refractivity contribution in [1.82, 2.24) is 0 Å². The fourth-order valence-electron chi connectivity index (χ4n) is 1.73. The Bertz CT molecular complexity index is 173. The van der Waals surface area contributed by atoms with E-state index in [9.17, 15) is 10.1 Å². The largest absolute Gasteiger partial charge is 1.00 e. The molecule has 0 saturated heterocycles. The molecule has 17 heavy (non-hydrogen) atoms. The summed E-state index contributed by atoms with van der Waals surface area (Å²) in [5, 5.41) is 9.13. The van der Waals surface area contributed by atoms with E-state index in [1.807, 2.05) is 0 Å². The molecule has 0 N–H and O–H groups in total. The van der Waals surface area contributed by atoms with Crippen molar-refractivity contribution < 1.29 is 40.9 Å². The first-order valence-electron chi connectivity index (χ1n) is 6.54. The third-order valence-electron chi connectivity index (χ3n) is 2.69. The molecule has 5 heteroatoms. The Morgan fingerprint density at radius 2 is 1.35 bits per heavy atom. The van der Waals surface area contributed by atoms with E-state index in [0.29, 0.717) is 0 Å². The topological polar surface area (TPSA) is 52.4 Å². The van der Waals surface area contributed by atoms with Crippen LogP contribution in [0.25, 0.3) is 0 Å². The van der Waals surface area contributed by atoms with Gasteiger partial charge in [0.2, 0.25) is 0 Å². The van der Waals surface area contributed by atoms with Crippen molar-refractivity contribution in [1.29, 1.82) is 0 Å². The Hall–Kier alpha value is 0.200. The van der Waals surface area contributed by atoms with Gasteiger partial charge in [-0.3, -0.25) is 0 Å².